The highest BCUT2D eigenvalue weighted by molar-refractivity contribution is 7.89. The summed E-state index contributed by atoms with van der Waals surface area (Å²) in [7, 11) is -0.705. The average Bonchev–Trinajstić information content (AvgIpc) is 2.66. The Morgan fingerprint density at radius 1 is 1.04 bits per heavy atom. The average molecular weight is 390 g/mol. The Labute approximate surface area is 156 Å². The number of hydrogen-bond donors (Lipinski definition) is 1. The number of nitrogens with zero attached hydrogens (tertiary/aromatic N) is 1. The molecule has 27 heavy (non-hydrogen) atoms. The van der Waals surface area contributed by atoms with E-state index in [1.165, 1.54) is 62.6 Å². The highest BCUT2D eigenvalue weighted by Crippen LogP contribution is 2.16. The van der Waals surface area contributed by atoms with Crippen molar-refractivity contribution in [3.05, 3.63) is 59.7 Å². The van der Waals surface area contributed by atoms with Gasteiger partial charge in [0.2, 0.25) is 10.0 Å². The zero-order valence-electron chi connectivity index (χ0n) is 14.7. The van der Waals surface area contributed by atoms with Crippen LogP contribution in [0.2, 0.25) is 0 Å². The van der Waals surface area contributed by atoms with E-state index in [-0.39, 0.29) is 10.5 Å². The SMILES string of the molecule is CN(C)S(=O)(=O)c1ccc(NC(=O)COC(=O)c2ccc(C=O)cc2)cc1. The van der Waals surface area contributed by atoms with Crippen LogP contribution in [0.3, 0.4) is 0 Å². The Morgan fingerprint density at radius 2 is 1.63 bits per heavy atom. The first kappa shape index (κ1) is 20.3. The Hall–Kier alpha value is -3.04. The summed E-state index contributed by atoms with van der Waals surface area (Å²) in [6.07, 6.45) is 0.650. The summed E-state index contributed by atoms with van der Waals surface area (Å²) in [5.74, 6) is -1.27. The van der Waals surface area contributed by atoms with Gasteiger partial charge in [0.05, 0.1) is 10.5 Å². The van der Waals surface area contributed by atoms with Crippen LogP contribution in [-0.2, 0) is 19.6 Å². The normalized spacial score (nSPS) is 11.1. The van der Waals surface area contributed by atoms with E-state index < -0.39 is 28.5 Å². The van der Waals surface area contributed by atoms with E-state index >= 15 is 0 Å². The number of amides is 1. The van der Waals surface area contributed by atoms with Gasteiger partial charge < -0.3 is 10.1 Å². The molecule has 1 N–H and O–H groups in total. The van der Waals surface area contributed by atoms with Gasteiger partial charge in [-0.3, -0.25) is 9.59 Å². The van der Waals surface area contributed by atoms with Crippen molar-refractivity contribution in [2.75, 3.05) is 26.0 Å². The zero-order valence-corrected chi connectivity index (χ0v) is 15.5. The van der Waals surface area contributed by atoms with E-state index in [1.807, 2.05) is 0 Å². The van der Waals surface area contributed by atoms with Gasteiger partial charge in [-0.05, 0) is 36.4 Å². The van der Waals surface area contributed by atoms with E-state index in [1.54, 1.807) is 0 Å². The molecule has 9 heteroatoms. The molecular weight excluding hydrogens is 372 g/mol. The van der Waals surface area contributed by atoms with Crippen LogP contribution in [0.25, 0.3) is 0 Å². The van der Waals surface area contributed by atoms with Crippen LogP contribution in [0.15, 0.2) is 53.4 Å². The van der Waals surface area contributed by atoms with Gasteiger partial charge in [0, 0.05) is 25.3 Å². The van der Waals surface area contributed by atoms with Crippen LogP contribution in [0.5, 0.6) is 0 Å². The van der Waals surface area contributed by atoms with Crippen molar-refractivity contribution in [3.8, 4) is 0 Å². The van der Waals surface area contributed by atoms with Crippen LogP contribution >= 0.6 is 0 Å². The summed E-state index contributed by atoms with van der Waals surface area (Å²) >= 11 is 0. The number of rotatable bonds is 7. The molecule has 2 aromatic rings. The van der Waals surface area contributed by atoms with Gasteiger partial charge in [-0.1, -0.05) is 12.1 Å². The van der Waals surface area contributed by atoms with Crippen LogP contribution < -0.4 is 5.32 Å². The summed E-state index contributed by atoms with van der Waals surface area (Å²) in [5, 5.41) is 2.50. The maximum Gasteiger partial charge on any atom is 0.338 e. The molecular formula is C18H18N2O6S. The van der Waals surface area contributed by atoms with Crippen molar-refractivity contribution in [1.82, 2.24) is 4.31 Å². The van der Waals surface area contributed by atoms with Crippen molar-refractivity contribution >= 4 is 33.9 Å². The second-order valence-electron chi connectivity index (χ2n) is 5.68. The first-order valence-electron chi connectivity index (χ1n) is 7.79. The van der Waals surface area contributed by atoms with E-state index in [9.17, 15) is 22.8 Å². The first-order chi connectivity index (χ1) is 12.7. The summed E-state index contributed by atoms with van der Waals surface area (Å²) in [6, 6.07) is 11.4. The third-order valence-corrected chi connectivity index (χ3v) is 5.36. The highest BCUT2D eigenvalue weighted by Gasteiger charge is 2.17. The third-order valence-electron chi connectivity index (χ3n) is 3.53. The van der Waals surface area contributed by atoms with Gasteiger partial charge in [0.25, 0.3) is 5.91 Å². The lowest BCUT2D eigenvalue weighted by atomic mass is 10.1. The smallest absolute Gasteiger partial charge is 0.338 e. The number of aldehydes is 1. The molecule has 0 aliphatic heterocycles. The molecule has 0 saturated carbocycles. The molecule has 2 rings (SSSR count). The van der Waals surface area contributed by atoms with Crippen LogP contribution in [-0.4, -0.2) is 51.6 Å². The van der Waals surface area contributed by atoms with Gasteiger partial charge in [-0.2, -0.15) is 0 Å². The Morgan fingerprint density at radius 3 is 2.15 bits per heavy atom. The second kappa shape index (κ2) is 8.56. The zero-order chi connectivity index (χ0) is 20.0. The second-order valence-corrected chi connectivity index (χ2v) is 7.83. The number of carbonyl (C=O) groups excluding carboxylic acids is 3. The lowest BCUT2D eigenvalue weighted by Crippen LogP contribution is -2.22. The molecule has 0 fully saturated rings. The van der Waals surface area contributed by atoms with E-state index in [2.05, 4.69) is 5.32 Å². The molecule has 2 aromatic carbocycles. The topological polar surface area (TPSA) is 110 Å². The van der Waals surface area contributed by atoms with Gasteiger partial charge >= 0.3 is 5.97 Å². The maximum absolute atomic E-state index is 12.0. The summed E-state index contributed by atoms with van der Waals surface area (Å²) in [4.78, 5) is 34.4. The molecule has 142 valence electrons. The van der Waals surface area contributed by atoms with Crippen LogP contribution in [0.1, 0.15) is 20.7 Å². The Bertz CT molecular complexity index is 935. The fourth-order valence-corrected chi connectivity index (χ4v) is 2.93. The number of hydrogen-bond acceptors (Lipinski definition) is 6. The Balaban J connectivity index is 1.91. The first-order valence-corrected chi connectivity index (χ1v) is 9.23. The number of benzene rings is 2. The largest absolute Gasteiger partial charge is 0.452 e. The number of carbonyl (C=O) groups is 3. The fourth-order valence-electron chi connectivity index (χ4n) is 2.03. The fraction of sp³-hybridized carbons (Fsp3) is 0.167. The summed E-state index contributed by atoms with van der Waals surface area (Å²) in [6.45, 7) is -0.508. The molecule has 0 radical (unpaired) electrons. The van der Waals surface area contributed by atoms with E-state index in [4.69, 9.17) is 4.74 Å². The lowest BCUT2D eigenvalue weighted by Gasteiger charge is -2.12. The predicted molar refractivity (Wildman–Crippen MR) is 98.1 cm³/mol. The monoisotopic (exact) mass is 390 g/mol. The van der Waals surface area contributed by atoms with Crippen molar-refractivity contribution in [1.29, 1.82) is 0 Å². The lowest BCUT2D eigenvalue weighted by molar-refractivity contribution is -0.119. The van der Waals surface area contributed by atoms with Gasteiger partial charge in [-0.15, -0.1) is 0 Å². The van der Waals surface area contributed by atoms with Crippen molar-refractivity contribution in [3.63, 3.8) is 0 Å². The Kier molecular flexibility index (Phi) is 6.43. The minimum absolute atomic E-state index is 0.0932. The number of sulfonamides is 1. The van der Waals surface area contributed by atoms with E-state index in [0.29, 0.717) is 17.5 Å². The number of ether oxygens (including phenoxy) is 1. The van der Waals surface area contributed by atoms with Crippen molar-refractivity contribution in [2.45, 2.75) is 4.90 Å². The molecule has 0 saturated heterocycles. The van der Waals surface area contributed by atoms with Gasteiger partial charge in [0.1, 0.15) is 6.29 Å². The highest BCUT2D eigenvalue weighted by atomic mass is 32.2. The van der Waals surface area contributed by atoms with Crippen LogP contribution in [0.4, 0.5) is 5.69 Å². The van der Waals surface area contributed by atoms with Crippen LogP contribution in [0, 0.1) is 0 Å². The molecule has 0 heterocycles. The van der Waals surface area contributed by atoms with Gasteiger partial charge in [-0.25, -0.2) is 17.5 Å². The van der Waals surface area contributed by atoms with Crippen molar-refractivity contribution < 1.29 is 27.5 Å². The molecule has 0 spiro atoms. The number of nitrogens with one attached hydrogen (secondary N) is 1. The van der Waals surface area contributed by atoms with E-state index in [0.717, 1.165) is 4.31 Å². The standard InChI is InChI=1S/C18H18N2O6S/c1-20(2)27(24,25)16-9-7-15(8-10-16)19-17(22)12-26-18(23)14-5-3-13(11-21)4-6-14/h3-11H,12H2,1-2H3,(H,19,22). The molecule has 0 atom stereocenters. The molecule has 0 bridgehead atoms. The van der Waals surface area contributed by atoms with Crippen molar-refractivity contribution in [2.24, 2.45) is 0 Å². The third kappa shape index (κ3) is 5.22. The predicted octanol–water partition coefficient (Wildman–Crippen LogP) is 1.54. The number of anilines is 1. The molecule has 8 nitrogen and oxygen atoms in total. The minimum atomic E-state index is -3.55. The molecule has 0 unspecified atom stereocenters. The molecule has 0 aromatic heterocycles. The minimum Gasteiger partial charge on any atom is -0.452 e. The molecule has 0 aliphatic rings. The van der Waals surface area contributed by atoms with Gasteiger partial charge in [0.15, 0.2) is 6.61 Å². The summed E-state index contributed by atoms with van der Waals surface area (Å²) in [5.41, 5.74) is 1.000. The summed E-state index contributed by atoms with van der Waals surface area (Å²) < 4.78 is 29.9. The maximum atomic E-state index is 12.0. The molecule has 0 aliphatic carbocycles. The number of esters is 1. The molecule has 1 amide bonds. The quantitative estimate of drug-likeness (QED) is 0.567.